The summed E-state index contributed by atoms with van der Waals surface area (Å²) in [5.74, 6) is 2.75. The zero-order valence-corrected chi connectivity index (χ0v) is 16.6. The van der Waals surface area contributed by atoms with Gasteiger partial charge in [0.1, 0.15) is 23.2 Å². The van der Waals surface area contributed by atoms with Crippen molar-refractivity contribution in [2.24, 2.45) is 7.05 Å². The van der Waals surface area contributed by atoms with Gasteiger partial charge < -0.3 is 9.30 Å². The minimum absolute atomic E-state index is 0.269. The van der Waals surface area contributed by atoms with Crippen molar-refractivity contribution in [3.8, 4) is 17.1 Å². The van der Waals surface area contributed by atoms with E-state index < -0.39 is 11.9 Å². The average Bonchev–Trinajstić information content (AvgIpc) is 2.96. The first-order chi connectivity index (χ1) is 12.8. The lowest BCUT2D eigenvalue weighted by Gasteiger charge is -2.11. The van der Waals surface area contributed by atoms with Crippen LogP contribution in [0.15, 0.2) is 35.4 Å². The highest BCUT2D eigenvalue weighted by molar-refractivity contribution is 7.99. The maximum atomic E-state index is 12.9. The van der Waals surface area contributed by atoms with Gasteiger partial charge in [0.05, 0.1) is 17.2 Å². The van der Waals surface area contributed by atoms with Gasteiger partial charge in [0.25, 0.3) is 0 Å². The predicted octanol–water partition coefficient (Wildman–Crippen LogP) is 5.47. The molecule has 0 aliphatic rings. The monoisotopic (exact) mass is 413 g/mol. The zero-order chi connectivity index (χ0) is 19.6. The largest absolute Gasteiger partial charge is 0.483 e. The van der Waals surface area contributed by atoms with Crippen molar-refractivity contribution in [3.63, 3.8) is 0 Å². The molecule has 9 heteroatoms. The van der Waals surface area contributed by atoms with Gasteiger partial charge in [-0.1, -0.05) is 6.92 Å². The molecule has 0 N–H and O–H groups in total. The van der Waals surface area contributed by atoms with Crippen LogP contribution < -0.4 is 4.74 Å². The fourth-order valence-electron chi connectivity index (χ4n) is 2.66. The number of imidazole rings is 1. The van der Waals surface area contributed by atoms with Crippen molar-refractivity contribution in [2.45, 2.75) is 18.0 Å². The Morgan fingerprint density at radius 3 is 2.67 bits per heavy atom. The van der Waals surface area contributed by atoms with Crippen LogP contribution in [0.25, 0.3) is 22.4 Å². The van der Waals surface area contributed by atoms with Crippen molar-refractivity contribution in [1.82, 2.24) is 14.5 Å². The molecule has 0 atom stereocenters. The summed E-state index contributed by atoms with van der Waals surface area (Å²) in [5, 5.41) is 0. The third kappa shape index (κ3) is 4.19. The number of rotatable bonds is 6. The Hall–Kier alpha value is -1.87. The lowest BCUT2D eigenvalue weighted by molar-refractivity contribution is -0.141. The molecule has 144 valence electrons. The average molecular weight is 413 g/mol. The molecule has 3 rings (SSSR count). The Morgan fingerprint density at radius 1 is 1.22 bits per heavy atom. The number of ether oxygens (including phenoxy) is 1. The fourth-order valence-corrected chi connectivity index (χ4v) is 3.74. The summed E-state index contributed by atoms with van der Waals surface area (Å²) in [5.41, 5.74) is 0.729. The van der Waals surface area contributed by atoms with Crippen molar-refractivity contribution in [1.29, 1.82) is 0 Å². The van der Waals surface area contributed by atoms with E-state index in [1.54, 1.807) is 35.1 Å². The van der Waals surface area contributed by atoms with Gasteiger partial charge >= 0.3 is 6.18 Å². The third-order valence-electron chi connectivity index (χ3n) is 3.89. The molecular weight excluding hydrogens is 395 g/mol. The second-order valence-electron chi connectivity index (χ2n) is 5.69. The van der Waals surface area contributed by atoms with Gasteiger partial charge in [-0.3, -0.25) is 0 Å². The van der Waals surface area contributed by atoms with E-state index in [1.165, 1.54) is 6.20 Å². The van der Waals surface area contributed by atoms with Gasteiger partial charge in [0.15, 0.2) is 0 Å². The van der Waals surface area contributed by atoms with Crippen LogP contribution in [0.5, 0.6) is 5.75 Å². The molecule has 2 aromatic heterocycles. The number of aryl methyl sites for hydroxylation is 1. The molecule has 0 fully saturated rings. The molecule has 27 heavy (non-hydrogen) atoms. The van der Waals surface area contributed by atoms with Crippen molar-refractivity contribution >= 4 is 34.6 Å². The predicted molar refractivity (Wildman–Crippen MR) is 104 cm³/mol. The Labute approximate surface area is 163 Å². The SMILES string of the molecule is CCSc1cc(OCSC)ccc1-c1nc2cc(C(F)(F)F)ncc2n1C. The van der Waals surface area contributed by atoms with Crippen LogP contribution in [-0.4, -0.2) is 32.5 Å². The quantitative estimate of drug-likeness (QED) is 0.396. The van der Waals surface area contributed by atoms with Crippen LogP contribution in [0, 0.1) is 0 Å². The standard InChI is InChI=1S/C18H18F3N3OS2/c1-4-27-15-7-11(25-10-26-3)5-6-12(15)17-23-13-8-16(18(19,20)21)22-9-14(13)24(17)2/h5-9H,4,10H2,1-3H3. The molecule has 1 aromatic carbocycles. The van der Waals surface area contributed by atoms with E-state index in [-0.39, 0.29) is 5.52 Å². The molecule has 0 radical (unpaired) electrons. The first kappa shape index (κ1) is 19.9. The molecule has 0 amide bonds. The number of aromatic nitrogens is 3. The van der Waals surface area contributed by atoms with E-state index in [4.69, 9.17) is 4.74 Å². The van der Waals surface area contributed by atoms with Crippen molar-refractivity contribution in [2.75, 3.05) is 17.9 Å². The summed E-state index contributed by atoms with van der Waals surface area (Å²) in [4.78, 5) is 8.97. The van der Waals surface area contributed by atoms with E-state index in [9.17, 15) is 13.2 Å². The molecule has 0 spiro atoms. The summed E-state index contributed by atoms with van der Waals surface area (Å²) in [6, 6.07) is 6.68. The summed E-state index contributed by atoms with van der Waals surface area (Å²) < 4.78 is 46.2. The minimum atomic E-state index is -4.49. The van der Waals surface area contributed by atoms with E-state index in [0.717, 1.165) is 28.0 Å². The molecule has 3 aromatic rings. The molecule has 0 aliphatic carbocycles. The third-order valence-corrected chi connectivity index (χ3v) is 5.19. The number of benzene rings is 1. The van der Waals surface area contributed by atoms with E-state index in [0.29, 0.717) is 17.3 Å². The highest BCUT2D eigenvalue weighted by atomic mass is 32.2. The summed E-state index contributed by atoms with van der Waals surface area (Å²) in [6.07, 6.45) is -1.32. The lowest BCUT2D eigenvalue weighted by Crippen LogP contribution is -2.07. The second-order valence-corrected chi connectivity index (χ2v) is 7.81. The summed E-state index contributed by atoms with van der Waals surface area (Å²) in [6.45, 7) is 2.04. The number of hydrogen-bond donors (Lipinski definition) is 0. The van der Waals surface area contributed by atoms with Gasteiger partial charge in [-0.2, -0.15) is 13.2 Å². The van der Waals surface area contributed by atoms with Crippen LogP contribution in [-0.2, 0) is 13.2 Å². The molecule has 0 aliphatic heterocycles. The number of alkyl halides is 3. The number of thioether (sulfide) groups is 2. The van der Waals surface area contributed by atoms with Gasteiger partial charge in [-0.25, -0.2) is 9.97 Å². The first-order valence-corrected chi connectivity index (χ1v) is 10.5. The summed E-state index contributed by atoms with van der Waals surface area (Å²) >= 11 is 3.22. The Kier molecular flexibility index (Phi) is 5.90. The number of fused-ring (bicyclic) bond motifs is 1. The number of halogens is 3. The normalized spacial score (nSPS) is 11.9. The molecule has 0 bridgehead atoms. The van der Waals surface area contributed by atoms with Crippen LogP contribution in [0.2, 0.25) is 0 Å². The molecule has 0 saturated carbocycles. The highest BCUT2D eigenvalue weighted by Gasteiger charge is 2.33. The Balaban J connectivity index is 2.09. The van der Waals surface area contributed by atoms with E-state index >= 15 is 0 Å². The number of pyridine rings is 1. The van der Waals surface area contributed by atoms with Gasteiger partial charge in [0.2, 0.25) is 0 Å². The lowest BCUT2D eigenvalue weighted by atomic mass is 10.2. The molecule has 2 heterocycles. The maximum Gasteiger partial charge on any atom is 0.433 e. The summed E-state index contributed by atoms with van der Waals surface area (Å²) in [7, 11) is 1.78. The van der Waals surface area contributed by atoms with Gasteiger partial charge in [0, 0.05) is 17.5 Å². The van der Waals surface area contributed by atoms with Crippen molar-refractivity contribution < 1.29 is 17.9 Å². The Bertz CT molecular complexity index is 957. The minimum Gasteiger partial charge on any atom is -0.483 e. The van der Waals surface area contributed by atoms with Crippen molar-refractivity contribution in [3.05, 3.63) is 36.2 Å². The molecule has 4 nitrogen and oxygen atoms in total. The van der Waals surface area contributed by atoms with Crippen LogP contribution >= 0.6 is 23.5 Å². The zero-order valence-electron chi connectivity index (χ0n) is 15.0. The van der Waals surface area contributed by atoms with Crippen LogP contribution in [0.4, 0.5) is 13.2 Å². The second kappa shape index (κ2) is 8.02. The van der Waals surface area contributed by atoms with Crippen LogP contribution in [0.1, 0.15) is 12.6 Å². The molecular formula is C18H18F3N3OS2. The maximum absolute atomic E-state index is 12.9. The first-order valence-electron chi connectivity index (χ1n) is 8.13. The highest BCUT2D eigenvalue weighted by Crippen LogP contribution is 2.36. The van der Waals surface area contributed by atoms with E-state index in [1.807, 2.05) is 31.4 Å². The molecule has 0 unspecified atom stereocenters. The number of hydrogen-bond acceptors (Lipinski definition) is 5. The van der Waals surface area contributed by atoms with E-state index in [2.05, 4.69) is 9.97 Å². The van der Waals surface area contributed by atoms with Gasteiger partial charge in [-0.15, -0.1) is 23.5 Å². The topological polar surface area (TPSA) is 39.9 Å². The fraction of sp³-hybridized carbons (Fsp3) is 0.333. The van der Waals surface area contributed by atoms with Gasteiger partial charge in [-0.05, 0) is 36.3 Å². The smallest absolute Gasteiger partial charge is 0.433 e. The Morgan fingerprint density at radius 2 is 2.00 bits per heavy atom. The van der Waals surface area contributed by atoms with Crippen LogP contribution in [0.3, 0.4) is 0 Å². The number of nitrogens with zero attached hydrogens (tertiary/aromatic N) is 3. The molecule has 0 saturated heterocycles.